The van der Waals surface area contributed by atoms with Gasteiger partial charge in [-0.05, 0) is 61.5 Å². The highest BCUT2D eigenvalue weighted by Crippen LogP contribution is 2.18. The maximum absolute atomic E-state index is 13.7. The van der Waals surface area contributed by atoms with Crippen molar-refractivity contribution in [3.63, 3.8) is 0 Å². The summed E-state index contributed by atoms with van der Waals surface area (Å²) in [5, 5.41) is 6.18. The molecule has 1 atom stereocenters. The molecular formula is C17H19FN2O2S2. The zero-order valence-corrected chi connectivity index (χ0v) is 15.3. The first-order valence-corrected chi connectivity index (χ1v) is 9.60. The van der Waals surface area contributed by atoms with E-state index in [4.69, 9.17) is 12.2 Å². The van der Waals surface area contributed by atoms with E-state index in [1.54, 1.807) is 36.4 Å². The van der Waals surface area contributed by atoms with Crippen molar-refractivity contribution in [3.05, 3.63) is 59.4 Å². The number of hydrogen-bond acceptors (Lipinski definition) is 3. The Balaban J connectivity index is 2.05. The third-order valence-corrected chi connectivity index (χ3v) is 4.87. The van der Waals surface area contributed by atoms with E-state index in [0.29, 0.717) is 10.8 Å². The van der Waals surface area contributed by atoms with Crippen molar-refractivity contribution >= 4 is 32.9 Å². The molecule has 1 unspecified atom stereocenters. The minimum absolute atomic E-state index is 0.161. The van der Waals surface area contributed by atoms with Crippen LogP contribution in [0.25, 0.3) is 0 Å². The van der Waals surface area contributed by atoms with Crippen molar-refractivity contribution in [3.8, 4) is 0 Å². The predicted octanol–water partition coefficient (Wildman–Crippen LogP) is 3.59. The number of benzene rings is 2. The van der Waals surface area contributed by atoms with Crippen molar-refractivity contribution in [2.24, 2.45) is 0 Å². The van der Waals surface area contributed by atoms with Gasteiger partial charge < -0.3 is 10.6 Å². The lowest BCUT2D eigenvalue weighted by Crippen LogP contribution is -2.31. The van der Waals surface area contributed by atoms with Crippen LogP contribution in [0.5, 0.6) is 0 Å². The first-order chi connectivity index (χ1) is 11.2. The van der Waals surface area contributed by atoms with Crippen LogP contribution in [0.3, 0.4) is 0 Å². The van der Waals surface area contributed by atoms with Gasteiger partial charge in [0.2, 0.25) is 0 Å². The molecule has 0 aliphatic heterocycles. The van der Waals surface area contributed by atoms with Gasteiger partial charge in [0.15, 0.2) is 14.9 Å². The molecule has 7 heteroatoms. The molecule has 0 aliphatic rings. The second-order valence-corrected chi connectivity index (χ2v) is 8.07. The Bertz CT molecular complexity index is 849. The Hall–Kier alpha value is -1.99. The minimum atomic E-state index is -3.22. The molecule has 0 aromatic heterocycles. The number of sulfone groups is 1. The molecule has 4 nitrogen and oxygen atoms in total. The number of aryl methyl sites for hydroxylation is 1. The maximum atomic E-state index is 13.7. The van der Waals surface area contributed by atoms with Crippen LogP contribution >= 0.6 is 12.2 Å². The van der Waals surface area contributed by atoms with Crippen molar-refractivity contribution < 1.29 is 12.8 Å². The van der Waals surface area contributed by atoms with Crippen LogP contribution < -0.4 is 10.6 Å². The summed E-state index contributed by atoms with van der Waals surface area (Å²) in [5.74, 6) is -0.380. The van der Waals surface area contributed by atoms with E-state index >= 15 is 0 Å². The molecule has 2 N–H and O–H groups in total. The summed E-state index contributed by atoms with van der Waals surface area (Å²) in [6.45, 7) is 3.75. The standard InChI is InChI=1S/C17H19FN2O2S2/c1-11-4-9-15(18)16(10-11)20-17(23)19-12(2)13-5-7-14(8-6-13)24(3,21)22/h4-10,12H,1-3H3,(H2,19,20,23). The third kappa shape index (κ3) is 4.75. The van der Waals surface area contributed by atoms with E-state index < -0.39 is 9.84 Å². The molecule has 0 aliphatic carbocycles. The second-order valence-electron chi connectivity index (χ2n) is 5.64. The number of nitrogens with one attached hydrogen (secondary N) is 2. The van der Waals surface area contributed by atoms with Gasteiger partial charge >= 0.3 is 0 Å². The first kappa shape index (κ1) is 18.4. The minimum Gasteiger partial charge on any atom is -0.356 e. The molecule has 0 amide bonds. The van der Waals surface area contributed by atoms with Crippen LogP contribution in [0.1, 0.15) is 24.1 Å². The summed E-state index contributed by atoms with van der Waals surface area (Å²) < 4.78 is 36.7. The quantitative estimate of drug-likeness (QED) is 0.810. The van der Waals surface area contributed by atoms with Crippen molar-refractivity contribution in [1.82, 2.24) is 5.32 Å². The van der Waals surface area contributed by atoms with E-state index in [2.05, 4.69) is 10.6 Å². The second kappa shape index (κ2) is 7.27. The van der Waals surface area contributed by atoms with Gasteiger partial charge in [-0.25, -0.2) is 12.8 Å². The molecule has 0 saturated carbocycles. The Morgan fingerprint density at radius 3 is 2.38 bits per heavy atom. The highest BCUT2D eigenvalue weighted by molar-refractivity contribution is 7.90. The van der Waals surface area contributed by atoms with Crippen LogP contribution in [0.15, 0.2) is 47.4 Å². The molecule has 2 aromatic rings. The lowest BCUT2D eigenvalue weighted by Gasteiger charge is -2.18. The fourth-order valence-corrected chi connectivity index (χ4v) is 3.09. The van der Waals surface area contributed by atoms with E-state index in [-0.39, 0.29) is 16.8 Å². The number of rotatable bonds is 4. The summed E-state index contributed by atoms with van der Waals surface area (Å²) in [7, 11) is -3.22. The zero-order chi connectivity index (χ0) is 17.9. The van der Waals surface area contributed by atoms with Gasteiger partial charge in [0, 0.05) is 6.26 Å². The topological polar surface area (TPSA) is 58.2 Å². The monoisotopic (exact) mass is 366 g/mol. The van der Waals surface area contributed by atoms with Crippen LogP contribution in [0.2, 0.25) is 0 Å². The highest BCUT2D eigenvalue weighted by atomic mass is 32.2. The Morgan fingerprint density at radius 1 is 1.17 bits per heavy atom. The molecule has 0 radical (unpaired) electrons. The molecule has 0 bridgehead atoms. The van der Waals surface area contributed by atoms with Crippen molar-refractivity contribution in [2.75, 3.05) is 11.6 Å². The van der Waals surface area contributed by atoms with Gasteiger partial charge in [-0.1, -0.05) is 18.2 Å². The SMILES string of the molecule is Cc1ccc(F)c(NC(=S)NC(C)c2ccc(S(C)(=O)=O)cc2)c1. The van der Waals surface area contributed by atoms with Crippen LogP contribution in [0.4, 0.5) is 10.1 Å². The smallest absolute Gasteiger partial charge is 0.175 e. The van der Waals surface area contributed by atoms with Gasteiger partial charge in [0.05, 0.1) is 16.6 Å². The Labute approximate surface area is 147 Å². The first-order valence-electron chi connectivity index (χ1n) is 7.30. The highest BCUT2D eigenvalue weighted by Gasteiger charge is 2.11. The molecule has 24 heavy (non-hydrogen) atoms. The van der Waals surface area contributed by atoms with Gasteiger partial charge in [-0.2, -0.15) is 0 Å². The fourth-order valence-electron chi connectivity index (χ4n) is 2.18. The number of hydrogen-bond donors (Lipinski definition) is 2. The molecule has 0 heterocycles. The Kier molecular flexibility index (Phi) is 5.56. The molecule has 0 saturated heterocycles. The molecular weight excluding hydrogens is 347 g/mol. The summed E-state index contributed by atoms with van der Waals surface area (Å²) in [6, 6.07) is 11.1. The van der Waals surface area contributed by atoms with Crippen LogP contribution in [0, 0.1) is 12.7 Å². The predicted molar refractivity (Wildman–Crippen MR) is 98.5 cm³/mol. The van der Waals surface area contributed by atoms with E-state index in [9.17, 15) is 12.8 Å². The fraction of sp³-hybridized carbons (Fsp3) is 0.235. The number of anilines is 1. The van der Waals surface area contributed by atoms with Crippen LogP contribution in [-0.2, 0) is 9.84 Å². The average molecular weight is 366 g/mol. The summed E-state index contributed by atoms with van der Waals surface area (Å²) >= 11 is 5.22. The van der Waals surface area contributed by atoms with Crippen molar-refractivity contribution in [1.29, 1.82) is 0 Å². The lowest BCUT2D eigenvalue weighted by molar-refractivity contribution is 0.601. The molecule has 2 aromatic carbocycles. The summed E-state index contributed by atoms with van der Waals surface area (Å²) in [4.78, 5) is 0.265. The summed E-state index contributed by atoms with van der Waals surface area (Å²) in [6.07, 6.45) is 1.17. The molecule has 0 spiro atoms. The number of halogens is 1. The largest absolute Gasteiger partial charge is 0.356 e. The molecule has 0 fully saturated rings. The van der Waals surface area contributed by atoms with E-state index in [1.165, 1.54) is 12.3 Å². The summed E-state index contributed by atoms with van der Waals surface area (Å²) in [5.41, 5.74) is 2.11. The van der Waals surface area contributed by atoms with Gasteiger partial charge in [-0.3, -0.25) is 0 Å². The molecule has 2 rings (SSSR count). The number of thiocarbonyl (C=S) groups is 1. The van der Waals surface area contributed by atoms with Crippen LogP contribution in [-0.4, -0.2) is 19.8 Å². The van der Waals surface area contributed by atoms with Crippen molar-refractivity contribution in [2.45, 2.75) is 24.8 Å². The van der Waals surface area contributed by atoms with Gasteiger partial charge in [0.1, 0.15) is 5.82 Å². The average Bonchev–Trinajstić information content (AvgIpc) is 2.50. The normalized spacial score (nSPS) is 12.5. The Morgan fingerprint density at radius 2 is 1.79 bits per heavy atom. The van der Waals surface area contributed by atoms with E-state index in [0.717, 1.165) is 11.1 Å². The third-order valence-electron chi connectivity index (χ3n) is 3.53. The van der Waals surface area contributed by atoms with Gasteiger partial charge in [0.25, 0.3) is 0 Å². The lowest BCUT2D eigenvalue weighted by atomic mass is 10.1. The van der Waals surface area contributed by atoms with Gasteiger partial charge in [-0.15, -0.1) is 0 Å². The zero-order valence-electron chi connectivity index (χ0n) is 13.6. The maximum Gasteiger partial charge on any atom is 0.175 e. The molecule has 128 valence electrons. The van der Waals surface area contributed by atoms with E-state index in [1.807, 2.05) is 13.8 Å².